The highest BCUT2D eigenvalue weighted by atomic mass is 79.9. The number of nitrogens with zero attached hydrogens (tertiary/aromatic N) is 1. The molecule has 2 bridgehead atoms. The summed E-state index contributed by atoms with van der Waals surface area (Å²) in [5.74, 6) is 0.0598. The number of fused-ring (bicyclic) bond motifs is 3. The fourth-order valence-corrected chi connectivity index (χ4v) is 4.32. The molecule has 4 rings (SSSR count). The Morgan fingerprint density at radius 1 is 1.19 bits per heavy atom. The van der Waals surface area contributed by atoms with Crippen LogP contribution >= 0.6 is 15.9 Å². The molecule has 3 atom stereocenters. The van der Waals surface area contributed by atoms with Gasteiger partial charge in [0.25, 0.3) is 11.8 Å². The third-order valence-corrected chi connectivity index (χ3v) is 6.35. The average Bonchev–Trinajstić information content (AvgIpc) is 3.22. The molecule has 7 nitrogen and oxygen atoms in total. The molecule has 0 aliphatic carbocycles. The van der Waals surface area contributed by atoms with E-state index in [0.29, 0.717) is 43.9 Å². The van der Waals surface area contributed by atoms with E-state index in [2.05, 4.69) is 21.2 Å². The second-order valence-corrected chi connectivity index (χ2v) is 9.11. The molecule has 0 radical (unpaired) electrons. The summed E-state index contributed by atoms with van der Waals surface area (Å²) in [5.41, 5.74) is 1.58. The van der Waals surface area contributed by atoms with Gasteiger partial charge in [-0.25, -0.2) is 0 Å². The number of halogens is 1. The number of aliphatic hydroxyl groups is 1. The van der Waals surface area contributed by atoms with Gasteiger partial charge in [0.05, 0.1) is 18.8 Å². The van der Waals surface area contributed by atoms with Gasteiger partial charge in [-0.1, -0.05) is 34.1 Å². The molecule has 2 heterocycles. The Labute approximate surface area is 195 Å². The van der Waals surface area contributed by atoms with Gasteiger partial charge in [-0.3, -0.25) is 9.59 Å². The van der Waals surface area contributed by atoms with Crippen LogP contribution in [0.5, 0.6) is 5.75 Å². The Kier molecular flexibility index (Phi) is 7.44. The van der Waals surface area contributed by atoms with Crippen molar-refractivity contribution >= 4 is 27.7 Å². The van der Waals surface area contributed by atoms with Gasteiger partial charge in [0.15, 0.2) is 0 Å². The number of ether oxygens (including phenoxy) is 2. The van der Waals surface area contributed by atoms with Gasteiger partial charge in [-0.15, -0.1) is 0 Å². The molecule has 0 spiro atoms. The molecule has 0 unspecified atom stereocenters. The quantitative estimate of drug-likeness (QED) is 0.673. The van der Waals surface area contributed by atoms with Gasteiger partial charge in [0.1, 0.15) is 18.5 Å². The molecule has 2 N–H and O–H groups in total. The highest BCUT2D eigenvalue weighted by molar-refractivity contribution is 9.10. The molecule has 32 heavy (non-hydrogen) atoms. The summed E-state index contributed by atoms with van der Waals surface area (Å²) in [6.07, 6.45) is 0.161. The SMILES string of the molecule is O=C1NCCC[C@H](O)C(=O)N2C[C@@H](OCc3ccc(Br)cc3)C[C@H]2COc2cccc1c2. The normalized spacial score (nSPS) is 24.3. The zero-order valence-electron chi connectivity index (χ0n) is 17.7. The number of aliphatic hydroxyl groups excluding tert-OH is 1. The minimum atomic E-state index is -1.11. The number of hydrogen-bond acceptors (Lipinski definition) is 5. The summed E-state index contributed by atoms with van der Waals surface area (Å²) >= 11 is 3.43. The first-order valence-corrected chi connectivity index (χ1v) is 11.6. The van der Waals surface area contributed by atoms with Crippen molar-refractivity contribution < 1.29 is 24.2 Å². The summed E-state index contributed by atoms with van der Waals surface area (Å²) in [6.45, 7) is 1.52. The number of nitrogens with one attached hydrogen (secondary N) is 1. The Hall–Kier alpha value is -2.42. The molecule has 2 aromatic rings. The summed E-state index contributed by atoms with van der Waals surface area (Å²) < 4.78 is 13.0. The Bertz CT molecular complexity index is 952. The molecule has 2 amide bonds. The van der Waals surface area contributed by atoms with Crippen molar-refractivity contribution in [2.45, 2.75) is 44.1 Å². The third kappa shape index (κ3) is 5.68. The van der Waals surface area contributed by atoms with Gasteiger partial charge < -0.3 is 24.8 Å². The molecule has 2 aromatic carbocycles. The van der Waals surface area contributed by atoms with Crippen LogP contribution in [-0.4, -0.2) is 59.8 Å². The number of rotatable bonds is 3. The van der Waals surface area contributed by atoms with Crippen LogP contribution in [-0.2, 0) is 16.1 Å². The lowest BCUT2D eigenvalue weighted by atomic mass is 10.1. The van der Waals surface area contributed by atoms with Gasteiger partial charge in [0, 0.05) is 23.1 Å². The van der Waals surface area contributed by atoms with Crippen molar-refractivity contribution in [3.05, 3.63) is 64.1 Å². The van der Waals surface area contributed by atoms with Crippen LogP contribution in [0.3, 0.4) is 0 Å². The number of hydrogen-bond donors (Lipinski definition) is 2. The number of carbonyl (C=O) groups excluding carboxylic acids is 2. The molecule has 170 valence electrons. The van der Waals surface area contributed by atoms with Crippen molar-refractivity contribution in [1.82, 2.24) is 10.2 Å². The largest absolute Gasteiger partial charge is 0.491 e. The van der Waals surface area contributed by atoms with Crippen molar-refractivity contribution in [3.63, 3.8) is 0 Å². The summed E-state index contributed by atoms with van der Waals surface area (Å²) in [5, 5.41) is 13.3. The first-order chi connectivity index (χ1) is 15.5. The smallest absolute Gasteiger partial charge is 0.251 e. The highest BCUT2D eigenvalue weighted by Crippen LogP contribution is 2.25. The molecule has 0 saturated carbocycles. The van der Waals surface area contributed by atoms with Crippen molar-refractivity contribution in [2.24, 2.45) is 0 Å². The topological polar surface area (TPSA) is 88.1 Å². The predicted octanol–water partition coefficient (Wildman–Crippen LogP) is 2.90. The van der Waals surface area contributed by atoms with E-state index >= 15 is 0 Å². The van der Waals surface area contributed by atoms with Crippen LogP contribution in [0.2, 0.25) is 0 Å². The third-order valence-electron chi connectivity index (χ3n) is 5.82. The van der Waals surface area contributed by atoms with E-state index < -0.39 is 6.10 Å². The summed E-state index contributed by atoms with van der Waals surface area (Å²) in [4.78, 5) is 27.0. The van der Waals surface area contributed by atoms with Crippen molar-refractivity contribution in [1.29, 1.82) is 0 Å². The molecule has 0 aromatic heterocycles. The van der Waals surface area contributed by atoms with Gasteiger partial charge in [0.2, 0.25) is 0 Å². The van der Waals surface area contributed by atoms with E-state index in [9.17, 15) is 14.7 Å². The summed E-state index contributed by atoms with van der Waals surface area (Å²) in [7, 11) is 0. The lowest BCUT2D eigenvalue weighted by Gasteiger charge is -2.27. The number of carbonyl (C=O) groups is 2. The van der Waals surface area contributed by atoms with E-state index in [1.165, 1.54) is 0 Å². The maximum absolute atomic E-state index is 13.0. The van der Waals surface area contributed by atoms with Gasteiger partial charge >= 0.3 is 0 Å². The Morgan fingerprint density at radius 2 is 2.00 bits per heavy atom. The average molecular weight is 503 g/mol. The van der Waals surface area contributed by atoms with Crippen LogP contribution < -0.4 is 10.1 Å². The zero-order chi connectivity index (χ0) is 22.5. The van der Waals surface area contributed by atoms with Crippen molar-refractivity contribution in [2.75, 3.05) is 19.7 Å². The zero-order valence-corrected chi connectivity index (χ0v) is 19.3. The first-order valence-electron chi connectivity index (χ1n) is 10.9. The van der Waals surface area contributed by atoms with E-state index in [4.69, 9.17) is 9.47 Å². The van der Waals surface area contributed by atoms with Crippen molar-refractivity contribution in [3.8, 4) is 5.75 Å². The Balaban J connectivity index is 1.47. The summed E-state index contributed by atoms with van der Waals surface area (Å²) in [6, 6.07) is 14.7. The maximum Gasteiger partial charge on any atom is 0.251 e. The van der Waals surface area contributed by atoms with E-state index in [-0.39, 0.29) is 37.0 Å². The van der Waals surface area contributed by atoms with Crippen LogP contribution in [0.1, 0.15) is 35.2 Å². The molecular weight excluding hydrogens is 476 g/mol. The van der Waals surface area contributed by atoms with E-state index in [1.807, 2.05) is 24.3 Å². The molecule has 1 saturated heterocycles. The molecule has 2 aliphatic heterocycles. The van der Waals surface area contributed by atoms with E-state index in [1.54, 1.807) is 29.2 Å². The minimum Gasteiger partial charge on any atom is -0.491 e. The fraction of sp³-hybridized carbons (Fsp3) is 0.417. The number of benzene rings is 2. The lowest BCUT2D eigenvalue weighted by molar-refractivity contribution is -0.142. The standard InChI is InChI=1S/C24H27BrN2O5/c25-18-8-6-16(7-9-18)14-31-21-12-19-15-32-20-4-1-3-17(11-20)23(29)26-10-2-5-22(28)24(30)27(19)13-21/h1,3-4,6-9,11,19,21-22,28H,2,5,10,12-15H2,(H,26,29)/t19-,21-,22-/m0/s1. The maximum atomic E-state index is 13.0. The molecular formula is C24H27BrN2O5. The van der Waals surface area contributed by atoms with Crippen LogP contribution in [0.4, 0.5) is 0 Å². The predicted molar refractivity (Wildman–Crippen MR) is 122 cm³/mol. The lowest BCUT2D eigenvalue weighted by Crippen LogP contribution is -2.45. The number of amides is 2. The highest BCUT2D eigenvalue weighted by Gasteiger charge is 2.38. The first kappa shape index (κ1) is 22.8. The fourth-order valence-electron chi connectivity index (χ4n) is 4.05. The monoisotopic (exact) mass is 502 g/mol. The Morgan fingerprint density at radius 3 is 2.81 bits per heavy atom. The van der Waals surface area contributed by atoms with Gasteiger partial charge in [-0.2, -0.15) is 0 Å². The van der Waals surface area contributed by atoms with Gasteiger partial charge in [-0.05, 0) is 55.2 Å². The van der Waals surface area contributed by atoms with Crippen LogP contribution in [0.15, 0.2) is 53.0 Å². The second-order valence-electron chi connectivity index (χ2n) is 8.19. The molecule has 1 fully saturated rings. The molecule has 2 aliphatic rings. The van der Waals surface area contributed by atoms with Crippen LogP contribution in [0.25, 0.3) is 0 Å². The van der Waals surface area contributed by atoms with Crippen LogP contribution in [0, 0.1) is 0 Å². The minimum absolute atomic E-state index is 0.145. The molecule has 8 heteroatoms. The van der Waals surface area contributed by atoms with E-state index in [0.717, 1.165) is 10.0 Å². The second kappa shape index (κ2) is 10.5.